The summed E-state index contributed by atoms with van der Waals surface area (Å²) in [7, 11) is 0. The molecule has 0 bridgehead atoms. The summed E-state index contributed by atoms with van der Waals surface area (Å²) in [5, 5.41) is 9.97. The first-order chi connectivity index (χ1) is 8.65. The van der Waals surface area contributed by atoms with E-state index in [0.717, 1.165) is 24.0 Å². The summed E-state index contributed by atoms with van der Waals surface area (Å²) in [5.74, 6) is -0.246. The number of hydrogen-bond acceptors (Lipinski definition) is 4. The van der Waals surface area contributed by atoms with Crippen LogP contribution in [0.1, 0.15) is 49.8 Å². The van der Waals surface area contributed by atoms with E-state index in [-0.39, 0.29) is 12.4 Å². The van der Waals surface area contributed by atoms with E-state index in [0.29, 0.717) is 13.0 Å². The van der Waals surface area contributed by atoms with Crippen LogP contribution in [-0.2, 0) is 9.53 Å². The predicted octanol–water partition coefficient (Wildman–Crippen LogP) is 2.55. The van der Waals surface area contributed by atoms with Crippen molar-refractivity contribution in [1.82, 2.24) is 4.98 Å². The van der Waals surface area contributed by atoms with Gasteiger partial charge in [0.1, 0.15) is 0 Å². The van der Waals surface area contributed by atoms with E-state index >= 15 is 0 Å². The highest BCUT2D eigenvalue weighted by Crippen LogP contribution is 2.20. The van der Waals surface area contributed by atoms with Crippen LogP contribution >= 0.6 is 0 Å². The number of esters is 1. The highest BCUT2D eigenvalue weighted by atomic mass is 16.5. The summed E-state index contributed by atoms with van der Waals surface area (Å²) in [6.45, 7) is 4.43. The van der Waals surface area contributed by atoms with Crippen LogP contribution in [0.4, 0.5) is 0 Å². The zero-order valence-corrected chi connectivity index (χ0v) is 11.1. The Morgan fingerprint density at radius 3 is 3.00 bits per heavy atom. The van der Waals surface area contributed by atoms with Gasteiger partial charge in [-0.3, -0.25) is 9.78 Å². The average Bonchev–Trinajstić information content (AvgIpc) is 2.37. The third-order valence-electron chi connectivity index (χ3n) is 2.82. The lowest BCUT2D eigenvalue weighted by Gasteiger charge is -2.12. The van der Waals surface area contributed by atoms with Crippen LogP contribution in [0.3, 0.4) is 0 Å². The molecule has 1 rings (SSSR count). The van der Waals surface area contributed by atoms with Gasteiger partial charge >= 0.3 is 5.97 Å². The number of aryl methyl sites for hydroxylation is 1. The average molecular weight is 251 g/mol. The van der Waals surface area contributed by atoms with Gasteiger partial charge in [-0.05, 0) is 31.4 Å². The molecule has 0 aliphatic heterocycles. The van der Waals surface area contributed by atoms with Crippen LogP contribution < -0.4 is 0 Å². The summed E-state index contributed by atoms with van der Waals surface area (Å²) in [6, 6.07) is 1.85. The number of hydrogen-bond donors (Lipinski definition) is 1. The van der Waals surface area contributed by atoms with Gasteiger partial charge in [-0.25, -0.2) is 0 Å². The first-order valence-electron chi connectivity index (χ1n) is 6.39. The van der Waals surface area contributed by atoms with Crippen LogP contribution in [-0.4, -0.2) is 22.7 Å². The fraction of sp³-hybridized carbons (Fsp3) is 0.571. The first-order valence-corrected chi connectivity index (χ1v) is 6.39. The fourth-order valence-corrected chi connectivity index (χ4v) is 1.64. The second-order valence-corrected chi connectivity index (χ2v) is 4.36. The van der Waals surface area contributed by atoms with Gasteiger partial charge < -0.3 is 9.84 Å². The maximum Gasteiger partial charge on any atom is 0.305 e. The number of aliphatic hydroxyl groups is 1. The molecule has 100 valence electrons. The molecule has 1 aromatic rings. The summed E-state index contributed by atoms with van der Waals surface area (Å²) < 4.78 is 5.03. The minimum absolute atomic E-state index is 0.235. The van der Waals surface area contributed by atoms with Crippen LogP contribution in [0, 0.1) is 6.92 Å². The van der Waals surface area contributed by atoms with Gasteiger partial charge in [0.2, 0.25) is 0 Å². The molecule has 1 aromatic heterocycles. The van der Waals surface area contributed by atoms with Crippen molar-refractivity contribution in [2.24, 2.45) is 0 Å². The molecule has 0 aromatic carbocycles. The number of unbranched alkanes of at least 4 members (excludes halogenated alkanes) is 1. The van der Waals surface area contributed by atoms with E-state index in [4.69, 9.17) is 4.74 Å². The van der Waals surface area contributed by atoms with E-state index in [1.807, 2.05) is 19.9 Å². The molecule has 4 heteroatoms. The Labute approximate surface area is 108 Å². The molecule has 1 N–H and O–H groups in total. The molecule has 0 radical (unpaired) electrons. The van der Waals surface area contributed by atoms with Crippen molar-refractivity contribution in [3.8, 4) is 0 Å². The minimum atomic E-state index is -0.655. The van der Waals surface area contributed by atoms with Crippen molar-refractivity contribution in [3.63, 3.8) is 0 Å². The minimum Gasteiger partial charge on any atom is -0.466 e. The van der Waals surface area contributed by atoms with E-state index in [1.165, 1.54) is 0 Å². The molecule has 18 heavy (non-hydrogen) atoms. The third-order valence-corrected chi connectivity index (χ3v) is 2.82. The van der Waals surface area contributed by atoms with Crippen molar-refractivity contribution in [2.75, 3.05) is 6.61 Å². The molecule has 4 nitrogen and oxygen atoms in total. The first kappa shape index (κ1) is 14.6. The third kappa shape index (κ3) is 4.84. The number of aromatic nitrogens is 1. The van der Waals surface area contributed by atoms with Gasteiger partial charge in [0.15, 0.2) is 0 Å². The molecular weight excluding hydrogens is 230 g/mol. The maximum atomic E-state index is 11.4. The molecule has 0 spiro atoms. The second kappa shape index (κ2) is 7.82. The Hall–Kier alpha value is -1.42. The number of nitrogens with zero attached hydrogens (tertiary/aromatic N) is 1. The van der Waals surface area contributed by atoms with Gasteiger partial charge in [-0.2, -0.15) is 0 Å². The number of carbonyl (C=O) groups is 1. The van der Waals surface area contributed by atoms with Gasteiger partial charge in [0, 0.05) is 24.4 Å². The number of carbonyl (C=O) groups excluding carboxylic acids is 1. The fourth-order valence-electron chi connectivity index (χ4n) is 1.64. The summed E-state index contributed by atoms with van der Waals surface area (Å²) in [4.78, 5) is 15.4. The lowest BCUT2D eigenvalue weighted by molar-refractivity contribution is -0.144. The summed E-state index contributed by atoms with van der Waals surface area (Å²) in [6.07, 6.45) is 5.17. The predicted molar refractivity (Wildman–Crippen MR) is 69.0 cm³/mol. The van der Waals surface area contributed by atoms with Crippen molar-refractivity contribution >= 4 is 5.97 Å². The van der Waals surface area contributed by atoms with Crippen molar-refractivity contribution < 1.29 is 14.6 Å². The van der Waals surface area contributed by atoms with Crippen molar-refractivity contribution in [2.45, 2.75) is 45.6 Å². The monoisotopic (exact) mass is 251 g/mol. The number of rotatable bonds is 7. The largest absolute Gasteiger partial charge is 0.466 e. The van der Waals surface area contributed by atoms with E-state index in [2.05, 4.69) is 4.98 Å². The Morgan fingerprint density at radius 1 is 1.56 bits per heavy atom. The maximum absolute atomic E-state index is 11.4. The topological polar surface area (TPSA) is 59.4 Å². The zero-order valence-electron chi connectivity index (χ0n) is 11.1. The van der Waals surface area contributed by atoms with E-state index in [9.17, 15) is 9.90 Å². The zero-order chi connectivity index (χ0) is 13.4. The Kier molecular flexibility index (Phi) is 6.36. The van der Waals surface area contributed by atoms with Gasteiger partial charge in [0.05, 0.1) is 12.7 Å². The normalized spacial score (nSPS) is 12.2. The van der Waals surface area contributed by atoms with Crippen LogP contribution in [0.2, 0.25) is 0 Å². The Bertz CT molecular complexity index is 379. The van der Waals surface area contributed by atoms with Crippen molar-refractivity contribution in [1.29, 1.82) is 0 Å². The molecule has 0 aliphatic rings. The van der Waals surface area contributed by atoms with Gasteiger partial charge in [0.25, 0.3) is 0 Å². The SMILES string of the molecule is CCCCOC(=O)CCC(O)c1cnccc1C. The van der Waals surface area contributed by atoms with E-state index < -0.39 is 6.10 Å². The quantitative estimate of drug-likeness (QED) is 0.597. The lowest BCUT2D eigenvalue weighted by atomic mass is 10.0. The molecule has 0 saturated heterocycles. The molecule has 0 amide bonds. The summed E-state index contributed by atoms with van der Waals surface area (Å²) in [5.41, 5.74) is 1.76. The molecule has 1 unspecified atom stereocenters. The van der Waals surface area contributed by atoms with Gasteiger partial charge in [-0.1, -0.05) is 13.3 Å². The molecule has 1 atom stereocenters. The second-order valence-electron chi connectivity index (χ2n) is 4.36. The number of pyridine rings is 1. The lowest BCUT2D eigenvalue weighted by Crippen LogP contribution is -2.09. The summed E-state index contributed by atoms with van der Waals surface area (Å²) >= 11 is 0. The molecular formula is C14H21NO3. The smallest absolute Gasteiger partial charge is 0.305 e. The number of aliphatic hydroxyl groups excluding tert-OH is 1. The molecule has 1 heterocycles. The van der Waals surface area contributed by atoms with Crippen LogP contribution in [0.5, 0.6) is 0 Å². The standard InChI is InChI=1S/C14H21NO3/c1-3-4-9-18-14(17)6-5-13(16)12-10-15-8-7-11(12)2/h7-8,10,13,16H,3-6,9H2,1-2H3. The van der Waals surface area contributed by atoms with Crippen LogP contribution in [0.25, 0.3) is 0 Å². The molecule has 0 fully saturated rings. The van der Waals surface area contributed by atoms with Crippen molar-refractivity contribution in [3.05, 3.63) is 29.6 Å². The number of ether oxygens (including phenoxy) is 1. The Balaban J connectivity index is 2.35. The molecule has 0 saturated carbocycles. The van der Waals surface area contributed by atoms with E-state index in [1.54, 1.807) is 12.4 Å². The molecule has 0 aliphatic carbocycles. The van der Waals surface area contributed by atoms with Gasteiger partial charge in [-0.15, -0.1) is 0 Å². The highest BCUT2D eigenvalue weighted by Gasteiger charge is 2.13. The Morgan fingerprint density at radius 2 is 2.33 bits per heavy atom. The highest BCUT2D eigenvalue weighted by molar-refractivity contribution is 5.69. The van der Waals surface area contributed by atoms with Crippen LogP contribution in [0.15, 0.2) is 18.5 Å².